The van der Waals surface area contributed by atoms with Gasteiger partial charge in [0, 0.05) is 10.6 Å². The summed E-state index contributed by atoms with van der Waals surface area (Å²) in [7, 11) is 0. The number of nitrogens with zero attached hydrogens (tertiary/aromatic N) is 2. The zero-order valence-corrected chi connectivity index (χ0v) is 12.9. The Morgan fingerprint density at radius 1 is 1.05 bits per heavy atom. The second kappa shape index (κ2) is 5.43. The highest BCUT2D eigenvalue weighted by atomic mass is 35.5. The second-order valence-electron chi connectivity index (χ2n) is 4.84. The summed E-state index contributed by atoms with van der Waals surface area (Å²) in [5.74, 6) is 0. The molecule has 2 aromatic carbocycles. The van der Waals surface area contributed by atoms with Crippen LogP contribution in [0.4, 0.5) is 5.69 Å². The van der Waals surface area contributed by atoms with Gasteiger partial charge in [0.1, 0.15) is 5.69 Å². The maximum absolute atomic E-state index is 6.21. The summed E-state index contributed by atoms with van der Waals surface area (Å²) in [5.41, 5.74) is 10.3. The molecule has 0 amide bonds. The first kappa shape index (κ1) is 14.0. The molecule has 2 N–H and O–H groups in total. The topological polar surface area (TPSA) is 43.8 Å². The van der Waals surface area contributed by atoms with Crippen molar-refractivity contribution >= 4 is 28.9 Å². The van der Waals surface area contributed by atoms with Gasteiger partial charge in [0.25, 0.3) is 0 Å². The van der Waals surface area contributed by atoms with Crippen molar-refractivity contribution in [3.8, 4) is 16.9 Å². The normalized spacial score (nSPS) is 10.8. The van der Waals surface area contributed by atoms with E-state index >= 15 is 0 Å². The average Bonchev–Trinajstić information content (AvgIpc) is 2.81. The first-order valence-electron chi connectivity index (χ1n) is 6.42. The van der Waals surface area contributed by atoms with Gasteiger partial charge in [0.15, 0.2) is 0 Å². The van der Waals surface area contributed by atoms with Gasteiger partial charge in [-0.1, -0.05) is 53.0 Å². The fraction of sp³-hybridized carbons (Fsp3) is 0.0625. The Kier molecular flexibility index (Phi) is 3.62. The minimum absolute atomic E-state index is 0.528. The standard InChI is InChI=1S/C16H13Cl2N3/c1-10-2-4-11(5-3-10)16-14(19)9-21(20-16)15-7-6-12(17)8-13(15)18/h2-9H,19H2,1H3. The lowest BCUT2D eigenvalue weighted by Crippen LogP contribution is -1.95. The quantitative estimate of drug-likeness (QED) is 0.742. The number of rotatable bonds is 2. The first-order valence-corrected chi connectivity index (χ1v) is 7.18. The van der Waals surface area contributed by atoms with Crippen molar-refractivity contribution in [3.63, 3.8) is 0 Å². The number of anilines is 1. The van der Waals surface area contributed by atoms with E-state index in [-0.39, 0.29) is 0 Å². The number of nitrogens with two attached hydrogens (primary N) is 1. The van der Waals surface area contributed by atoms with Crippen LogP contribution < -0.4 is 5.73 Å². The van der Waals surface area contributed by atoms with E-state index in [0.29, 0.717) is 15.7 Å². The van der Waals surface area contributed by atoms with Crippen molar-refractivity contribution in [3.05, 3.63) is 64.3 Å². The maximum Gasteiger partial charge on any atom is 0.116 e. The first-order chi connectivity index (χ1) is 10.0. The predicted octanol–water partition coefficient (Wildman–Crippen LogP) is 4.74. The van der Waals surface area contributed by atoms with E-state index in [2.05, 4.69) is 5.10 Å². The number of aromatic nitrogens is 2. The zero-order valence-electron chi connectivity index (χ0n) is 11.3. The van der Waals surface area contributed by atoms with E-state index in [4.69, 9.17) is 28.9 Å². The van der Waals surface area contributed by atoms with Crippen molar-refractivity contribution in [1.82, 2.24) is 9.78 Å². The van der Waals surface area contributed by atoms with Crippen LogP contribution in [0.5, 0.6) is 0 Å². The summed E-state index contributed by atoms with van der Waals surface area (Å²) in [6.45, 7) is 2.04. The van der Waals surface area contributed by atoms with Gasteiger partial charge in [-0.3, -0.25) is 0 Å². The molecule has 0 aliphatic heterocycles. The molecule has 0 saturated heterocycles. The van der Waals surface area contributed by atoms with Gasteiger partial charge in [-0.15, -0.1) is 0 Å². The average molecular weight is 318 g/mol. The molecule has 1 aromatic heterocycles. The van der Waals surface area contributed by atoms with Crippen molar-refractivity contribution in [1.29, 1.82) is 0 Å². The Hall–Kier alpha value is -1.97. The van der Waals surface area contributed by atoms with Crippen LogP contribution >= 0.6 is 23.2 Å². The third-order valence-electron chi connectivity index (χ3n) is 3.22. The molecule has 0 aliphatic rings. The van der Waals surface area contributed by atoms with Gasteiger partial charge in [-0.05, 0) is 25.1 Å². The van der Waals surface area contributed by atoms with Crippen LogP contribution in [0.25, 0.3) is 16.9 Å². The smallest absolute Gasteiger partial charge is 0.116 e. The van der Waals surface area contributed by atoms with Gasteiger partial charge < -0.3 is 5.73 Å². The maximum atomic E-state index is 6.21. The van der Waals surface area contributed by atoms with E-state index in [9.17, 15) is 0 Å². The minimum Gasteiger partial charge on any atom is -0.396 e. The summed E-state index contributed by atoms with van der Waals surface area (Å²) in [4.78, 5) is 0. The molecule has 1 heterocycles. The van der Waals surface area contributed by atoms with Crippen LogP contribution in [0.3, 0.4) is 0 Å². The van der Waals surface area contributed by atoms with E-state index in [0.717, 1.165) is 16.9 Å². The minimum atomic E-state index is 0.528. The fourth-order valence-electron chi connectivity index (χ4n) is 2.11. The van der Waals surface area contributed by atoms with Crippen LogP contribution in [0, 0.1) is 6.92 Å². The number of benzene rings is 2. The largest absolute Gasteiger partial charge is 0.396 e. The predicted molar refractivity (Wildman–Crippen MR) is 88.2 cm³/mol. The van der Waals surface area contributed by atoms with Gasteiger partial charge in [-0.2, -0.15) is 5.10 Å². The molecule has 0 aliphatic carbocycles. The van der Waals surface area contributed by atoms with Crippen LogP contribution in [0.2, 0.25) is 10.0 Å². The van der Waals surface area contributed by atoms with Crippen LogP contribution in [0.1, 0.15) is 5.56 Å². The third kappa shape index (κ3) is 2.75. The van der Waals surface area contributed by atoms with Crippen LogP contribution in [0.15, 0.2) is 48.7 Å². The van der Waals surface area contributed by atoms with E-state index in [1.807, 2.05) is 37.3 Å². The van der Waals surface area contributed by atoms with Gasteiger partial charge in [-0.25, -0.2) is 4.68 Å². The molecule has 0 saturated carbocycles. The third-order valence-corrected chi connectivity index (χ3v) is 3.76. The lowest BCUT2D eigenvalue weighted by molar-refractivity contribution is 0.885. The van der Waals surface area contributed by atoms with E-state index in [1.54, 1.807) is 23.0 Å². The highest BCUT2D eigenvalue weighted by Gasteiger charge is 2.11. The molecule has 0 fully saturated rings. The van der Waals surface area contributed by atoms with Crippen molar-refractivity contribution in [2.24, 2.45) is 0 Å². The number of hydrogen-bond acceptors (Lipinski definition) is 2. The molecule has 3 rings (SSSR count). The van der Waals surface area contributed by atoms with Crippen LogP contribution in [-0.2, 0) is 0 Å². The molecule has 5 heteroatoms. The molecular weight excluding hydrogens is 305 g/mol. The fourth-order valence-corrected chi connectivity index (χ4v) is 2.61. The number of nitrogen functional groups attached to an aromatic ring is 1. The lowest BCUT2D eigenvalue weighted by Gasteiger charge is -2.04. The Balaban J connectivity index is 2.07. The van der Waals surface area contributed by atoms with Gasteiger partial charge in [0.05, 0.1) is 22.6 Å². The molecular formula is C16H13Cl2N3. The molecule has 0 spiro atoms. The molecule has 21 heavy (non-hydrogen) atoms. The lowest BCUT2D eigenvalue weighted by atomic mass is 10.1. The Bertz CT molecular complexity index is 792. The van der Waals surface area contributed by atoms with Crippen molar-refractivity contribution in [2.75, 3.05) is 5.73 Å². The molecule has 3 nitrogen and oxygen atoms in total. The Morgan fingerprint density at radius 2 is 1.76 bits per heavy atom. The summed E-state index contributed by atoms with van der Waals surface area (Å²) >= 11 is 12.1. The van der Waals surface area contributed by atoms with Crippen molar-refractivity contribution < 1.29 is 0 Å². The number of hydrogen-bond donors (Lipinski definition) is 1. The zero-order chi connectivity index (χ0) is 15.0. The van der Waals surface area contributed by atoms with Gasteiger partial charge >= 0.3 is 0 Å². The molecule has 106 valence electrons. The number of aryl methyl sites for hydroxylation is 1. The summed E-state index contributed by atoms with van der Waals surface area (Å²) < 4.78 is 1.67. The number of halogens is 2. The highest BCUT2D eigenvalue weighted by Crippen LogP contribution is 2.29. The molecule has 0 bridgehead atoms. The molecule has 0 unspecified atom stereocenters. The van der Waals surface area contributed by atoms with Gasteiger partial charge in [0.2, 0.25) is 0 Å². The monoisotopic (exact) mass is 317 g/mol. The van der Waals surface area contributed by atoms with Crippen molar-refractivity contribution in [2.45, 2.75) is 6.92 Å². The molecule has 0 atom stereocenters. The Labute approximate surface area is 132 Å². The molecule has 0 radical (unpaired) electrons. The Morgan fingerprint density at radius 3 is 2.43 bits per heavy atom. The summed E-state index contributed by atoms with van der Waals surface area (Å²) in [6.07, 6.45) is 1.75. The summed E-state index contributed by atoms with van der Waals surface area (Å²) in [5, 5.41) is 5.65. The SMILES string of the molecule is Cc1ccc(-c2nn(-c3ccc(Cl)cc3Cl)cc2N)cc1. The van der Waals surface area contributed by atoms with Crippen LogP contribution in [-0.4, -0.2) is 9.78 Å². The van der Waals surface area contributed by atoms with E-state index < -0.39 is 0 Å². The van der Waals surface area contributed by atoms with E-state index in [1.165, 1.54) is 5.56 Å². The summed E-state index contributed by atoms with van der Waals surface area (Å²) in [6, 6.07) is 13.3. The second-order valence-corrected chi connectivity index (χ2v) is 5.68. The highest BCUT2D eigenvalue weighted by molar-refractivity contribution is 6.35. The molecule has 3 aromatic rings.